The minimum absolute atomic E-state index is 0.193. The Morgan fingerprint density at radius 3 is 1.56 bits per heavy atom. The first-order valence-electron chi connectivity index (χ1n) is 20.7. The van der Waals surface area contributed by atoms with Gasteiger partial charge in [0, 0.05) is 5.92 Å². The maximum Gasteiger partial charge on any atom is 0.261 e. The molecule has 4 aliphatic rings. The fourth-order valence-electron chi connectivity index (χ4n) is 10.1. The molecular formula is C47H58O10Si2. The van der Waals surface area contributed by atoms with E-state index in [1.807, 2.05) is 30.3 Å². The number of benzene rings is 4. The van der Waals surface area contributed by atoms with Crippen LogP contribution < -0.4 is 20.7 Å². The predicted octanol–water partition coefficient (Wildman–Crippen LogP) is 3.58. The molecule has 10 nitrogen and oxygen atoms in total. The van der Waals surface area contributed by atoms with Crippen LogP contribution in [0.5, 0.6) is 0 Å². The van der Waals surface area contributed by atoms with Crippen molar-refractivity contribution in [2.75, 3.05) is 13.2 Å². The first-order valence-corrected chi connectivity index (χ1v) is 24.5. The van der Waals surface area contributed by atoms with E-state index in [2.05, 4.69) is 139 Å². The maximum absolute atomic E-state index is 11.1. The Balaban J connectivity index is 1.24. The van der Waals surface area contributed by atoms with Crippen molar-refractivity contribution in [1.29, 1.82) is 0 Å². The molecule has 4 aromatic carbocycles. The molecule has 314 valence electrons. The summed E-state index contributed by atoms with van der Waals surface area (Å²) < 4.78 is 41.3. The quantitative estimate of drug-likeness (QED) is 0.124. The standard InChI is InChI=1S/C47H58O10Si2/c1-45(2,3)58(31-19-11-7-12-20-31,32-21-13-8-14-22-32)53-30-47-37-35(27-28-52-43(37)55-44-40(51)39(50)38(49)36(29-48)54-44)41(42(47)56-47)57-59(46(4,5)6,33-23-15-9-16-24-33)34-25-17-10-18-26-34/h7-28,35-44,48-51H,29-30H2,1-6H3/t35-,36-,37-,38-,39+,40-,41+,42+,43+,44-,47-/m1/s1. The molecule has 1 aliphatic carbocycles. The van der Waals surface area contributed by atoms with Gasteiger partial charge in [0.05, 0.1) is 31.5 Å². The van der Waals surface area contributed by atoms with Gasteiger partial charge in [0.15, 0.2) is 6.29 Å². The van der Waals surface area contributed by atoms with Crippen LogP contribution in [0.3, 0.4) is 0 Å². The lowest BCUT2D eigenvalue weighted by molar-refractivity contribution is -0.344. The van der Waals surface area contributed by atoms with Gasteiger partial charge in [-0.1, -0.05) is 163 Å². The molecule has 2 saturated heterocycles. The van der Waals surface area contributed by atoms with E-state index in [1.165, 1.54) is 0 Å². The second-order valence-electron chi connectivity index (χ2n) is 18.5. The van der Waals surface area contributed by atoms with E-state index in [-0.39, 0.29) is 22.6 Å². The van der Waals surface area contributed by atoms with Crippen LogP contribution in [0.4, 0.5) is 0 Å². The van der Waals surface area contributed by atoms with Crippen LogP contribution in [0.25, 0.3) is 0 Å². The average Bonchev–Trinajstić information content (AvgIpc) is 3.90. The lowest BCUT2D eigenvalue weighted by Gasteiger charge is -2.47. The first kappa shape index (κ1) is 42.2. The summed E-state index contributed by atoms with van der Waals surface area (Å²) in [4.78, 5) is 0. The Bertz CT molecular complexity index is 1960. The SMILES string of the molecule is CC(C)(C)[Si](OC[C@]12O[C@H]1[C@@H](O[Si](c1ccccc1)(c1ccccc1)C(C)(C)C)[C@@H]1C=CO[C@@H](O[C@H]3O[C@H](CO)[C@@H](O)[C@H](O)[C@H]3O)[C@@H]12)(c1ccccc1)c1ccccc1. The number of aliphatic hydroxyl groups is 4. The minimum atomic E-state index is -3.12. The summed E-state index contributed by atoms with van der Waals surface area (Å²) in [6.07, 6.45) is -5.65. The van der Waals surface area contributed by atoms with Crippen LogP contribution in [0, 0.1) is 11.8 Å². The molecule has 8 rings (SSSR count). The molecule has 59 heavy (non-hydrogen) atoms. The van der Waals surface area contributed by atoms with E-state index in [4.69, 9.17) is 27.8 Å². The number of hydrogen-bond donors (Lipinski definition) is 4. The third kappa shape index (κ3) is 7.09. The van der Waals surface area contributed by atoms with Crippen molar-refractivity contribution >= 4 is 37.4 Å². The van der Waals surface area contributed by atoms with Gasteiger partial charge in [-0.15, -0.1) is 0 Å². The fraction of sp³-hybridized carbons (Fsp3) is 0.447. The molecule has 0 aromatic heterocycles. The van der Waals surface area contributed by atoms with Gasteiger partial charge in [-0.3, -0.25) is 0 Å². The predicted molar refractivity (Wildman–Crippen MR) is 230 cm³/mol. The van der Waals surface area contributed by atoms with Crippen LogP contribution in [0.1, 0.15) is 41.5 Å². The number of rotatable bonds is 12. The zero-order valence-corrected chi connectivity index (χ0v) is 36.6. The molecule has 11 atom stereocenters. The van der Waals surface area contributed by atoms with Crippen LogP contribution in [0.15, 0.2) is 134 Å². The van der Waals surface area contributed by atoms with Gasteiger partial charge < -0.3 is 48.2 Å². The van der Waals surface area contributed by atoms with Gasteiger partial charge in [-0.05, 0) is 36.9 Å². The largest absolute Gasteiger partial charge is 0.472 e. The third-order valence-corrected chi connectivity index (χ3v) is 23.0. The Hall–Kier alpha value is -3.51. The highest BCUT2D eigenvalue weighted by Crippen LogP contribution is 2.62. The fourth-order valence-corrected chi connectivity index (χ4v) is 19.4. The molecule has 0 bridgehead atoms. The normalized spacial score (nSPS) is 31.9. The highest BCUT2D eigenvalue weighted by Gasteiger charge is 2.78. The highest BCUT2D eigenvalue weighted by atomic mass is 28.4. The lowest BCUT2D eigenvalue weighted by atomic mass is 9.85. The van der Waals surface area contributed by atoms with E-state index in [1.54, 1.807) is 6.26 Å². The zero-order chi connectivity index (χ0) is 41.8. The van der Waals surface area contributed by atoms with E-state index in [0.29, 0.717) is 0 Å². The number of ether oxygens (including phenoxy) is 4. The Morgan fingerprint density at radius 2 is 1.10 bits per heavy atom. The van der Waals surface area contributed by atoms with Gasteiger partial charge in [-0.25, -0.2) is 0 Å². The lowest BCUT2D eigenvalue weighted by Crippen LogP contribution is -2.68. The summed E-state index contributed by atoms with van der Waals surface area (Å²) in [7, 11) is -6.19. The van der Waals surface area contributed by atoms with Crippen LogP contribution in [-0.4, -0.2) is 105 Å². The van der Waals surface area contributed by atoms with Crippen LogP contribution in [0.2, 0.25) is 10.1 Å². The monoisotopic (exact) mass is 838 g/mol. The molecule has 0 spiro atoms. The van der Waals surface area contributed by atoms with Crippen molar-refractivity contribution in [2.45, 2.75) is 106 Å². The van der Waals surface area contributed by atoms with E-state index in [9.17, 15) is 20.4 Å². The topological polar surface area (TPSA) is 140 Å². The molecule has 4 aromatic rings. The third-order valence-electron chi connectivity index (χ3n) is 13.0. The summed E-state index contributed by atoms with van der Waals surface area (Å²) in [5.41, 5.74) is -0.961. The summed E-state index contributed by atoms with van der Waals surface area (Å²) in [6, 6.07) is 42.0. The second kappa shape index (κ2) is 16.1. The first-order chi connectivity index (χ1) is 28.2. The van der Waals surface area contributed by atoms with Gasteiger partial charge in [0.25, 0.3) is 16.6 Å². The smallest absolute Gasteiger partial charge is 0.261 e. The molecule has 1 saturated carbocycles. The molecule has 12 heteroatoms. The van der Waals surface area contributed by atoms with E-state index in [0.717, 1.165) is 20.7 Å². The molecular weight excluding hydrogens is 781 g/mol. The van der Waals surface area contributed by atoms with Gasteiger partial charge in [0.2, 0.25) is 6.29 Å². The van der Waals surface area contributed by atoms with Crippen molar-refractivity contribution in [3.8, 4) is 0 Å². The van der Waals surface area contributed by atoms with Gasteiger partial charge in [-0.2, -0.15) is 0 Å². The zero-order valence-electron chi connectivity index (χ0n) is 34.6. The van der Waals surface area contributed by atoms with Crippen molar-refractivity contribution < 1.29 is 48.2 Å². The maximum atomic E-state index is 11.1. The summed E-state index contributed by atoms with van der Waals surface area (Å²) in [5, 5.41) is 46.4. The molecule has 0 amide bonds. The highest BCUT2D eigenvalue weighted by molar-refractivity contribution is 7.00. The Labute approximate surface area is 349 Å². The number of hydrogen-bond acceptors (Lipinski definition) is 10. The van der Waals surface area contributed by atoms with E-state index >= 15 is 0 Å². The van der Waals surface area contributed by atoms with Crippen molar-refractivity contribution in [3.05, 3.63) is 134 Å². The summed E-state index contributed by atoms with van der Waals surface area (Å²) in [6.45, 7) is 13.1. The van der Waals surface area contributed by atoms with Crippen molar-refractivity contribution in [3.63, 3.8) is 0 Å². The molecule has 3 aliphatic heterocycles. The number of epoxide rings is 1. The van der Waals surface area contributed by atoms with E-state index < -0.39 is 84.0 Å². The molecule has 0 unspecified atom stereocenters. The molecule has 0 radical (unpaired) electrons. The van der Waals surface area contributed by atoms with Gasteiger partial charge in [0.1, 0.15) is 36.1 Å². The van der Waals surface area contributed by atoms with Crippen molar-refractivity contribution in [1.82, 2.24) is 0 Å². The van der Waals surface area contributed by atoms with Crippen LogP contribution >= 0.6 is 0 Å². The number of fused-ring (bicyclic) bond motifs is 3. The van der Waals surface area contributed by atoms with Gasteiger partial charge >= 0.3 is 0 Å². The van der Waals surface area contributed by atoms with Crippen molar-refractivity contribution in [2.24, 2.45) is 11.8 Å². The van der Waals surface area contributed by atoms with Crippen LogP contribution in [-0.2, 0) is 27.8 Å². The molecule has 4 N–H and O–H groups in total. The minimum Gasteiger partial charge on any atom is -0.472 e. The summed E-state index contributed by atoms with van der Waals surface area (Å²) in [5.74, 6) is -0.812. The summed E-state index contributed by atoms with van der Waals surface area (Å²) >= 11 is 0. The Kier molecular flexibility index (Phi) is 11.5. The molecule has 3 heterocycles. The second-order valence-corrected chi connectivity index (χ2v) is 27.0. The Morgan fingerprint density at radius 1 is 0.627 bits per heavy atom. The number of aliphatic hydroxyl groups excluding tert-OH is 4. The average molecular weight is 839 g/mol. The molecule has 3 fully saturated rings.